The molecule has 2 aromatic carbocycles. The summed E-state index contributed by atoms with van der Waals surface area (Å²) in [6.07, 6.45) is 1.99. The minimum absolute atomic E-state index is 0.142. The molecule has 0 atom stereocenters. The monoisotopic (exact) mass is 379 g/mol. The summed E-state index contributed by atoms with van der Waals surface area (Å²) in [6, 6.07) is 13.5. The summed E-state index contributed by atoms with van der Waals surface area (Å²) in [5.41, 5.74) is 1.24. The van der Waals surface area contributed by atoms with Crippen LogP contribution in [0.25, 0.3) is 0 Å². The van der Waals surface area contributed by atoms with E-state index >= 15 is 0 Å². The molecule has 0 aliphatic carbocycles. The van der Waals surface area contributed by atoms with Gasteiger partial charge in [0.15, 0.2) is 0 Å². The van der Waals surface area contributed by atoms with Crippen molar-refractivity contribution in [1.82, 2.24) is 4.31 Å². The van der Waals surface area contributed by atoms with Crippen LogP contribution in [-0.2, 0) is 21.3 Å². The Bertz CT molecular complexity index is 815. The highest BCUT2D eigenvalue weighted by Gasteiger charge is 2.21. The molecule has 0 amide bonds. The van der Waals surface area contributed by atoms with Crippen LogP contribution < -0.4 is 0 Å². The predicted octanol–water partition coefficient (Wildman–Crippen LogP) is 3.41. The van der Waals surface area contributed by atoms with Gasteiger partial charge in [-0.15, -0.1) is 11.8 Å². The Labute approximate surface area is 153 Å². The van der Waals surface area contributed by atoms with Crippen LogP contribution >= 0.6 is 11.8 Å². The summed E-state index contributed by atoms with van der Waals surface area (Å²) in [5, 5.41) is 0. The number of hydrogen-bond acceptors (Lipinski definition) is 5. The Morgan fingerprint density at radius 2 is 1.68 bits per heavy atom. The molecule has 0 spiro atoms. The Kier molecular flexibility index (Phi) is 6.64. The van der Waals surface area contributed by atoms with Crippen LogP contribution in [0.5, 0.6) is 0 Å². The molecule has 0 bridgehead atoms. The smallest absolute Gasteiger partial charge is 0.338 e. The summed E-state index contributed by atoms with van der Waals surface area (Å²) < 4.78 is 31.5. The quantitative estimate of drug-likeness (QED) is 0.545. The van der Waals surface area contributed by atoms with Gasteiger partial charge < -0.3 is 4.74 Å². The zero-order valence-corrected chi connectivity index (χ0v) is 16.1. The number of ether oxygens (including phenoxy) is 1. The van der Waals surface area contributed by atoms with Gasteiger partial charge in [-0.05, 0) is 55.1 Å². The first-order valence-electron chi connectivity index (χ1n) is 7.75. The highest BCUT2D eigenvalue weighted by atomic mass is 32.2. The van der Waals surface area contributed by atoms with E-state index in [9.17, 15) is 13.2 Å². The maximum Gasteiger partial charge on any atom is 0.338 e. The van der Waals surface area contributed by atoms with Crippen molar-refractivity contribution in [2.45, 2.75) is 23.3 Å². The first-order valence-corrected chi connectivity index (χ1v) is 10.4. The van der Waals surface area contributed by atoms with Crippen LogP contribution in [0.3, 0.4) is 0 Å². The number of thioether (sulfide) groups is 1. The van der Waals surface area contributed by atoms with E-state index in [0.717, 1.165) is 10.5 Å². The van der Waals surface area contributed by atoms with Gasteiger partial charge in [0, 0.05) is 18.5 Å². The number of esters is 1. The van der Waals surface area contributed by atoms with Gasteiger partial charge in [-0.1, -0.05) is 12.1 Å². The molecule has 0 radical (unpaired) electrons. The molecule has 2 rings (SSSR count). The number of rotatable bonds is 7. The number of benzene rings is 2. The van der Waals surface area contributed by atoms with Gasteiger partial charge >= 0.3 is 5.97 Å². The van der Waals surface area contributed by atoms with Crippen LogP contribution in [0.4, 0.5) is 0 Å². The SMILES string of the molecule is CCOC(=O)c1ccc(S(=O)(=O)N(C)Cc2ccc(SC)cc2)cc1. The number of hydrogen-bond donors (Lipinski definition) is 0. The molecule has 0 heterocycles. The van der Waals surface area contributed by atoms with Crippen molar-refractivity contribution in [2.75, 3.05) is 19.9 Å². The third kappa shape index (κ3) is 4.84. The third-order valence-corrected chi connectivity index (χ3v) is 6.20. The van der Waals surface area contributed by atoms with Crippen molar-refractivity contribution >= 4 is 27.8 Å². The molecule has 0 unspecified atom stereocenters. The largest absolute Gasteiger partial charge is 0.462 e. The van der Waals surface area contributed by atoms with Gasteiger partial charge in [0.25, 0.3) is 0 Å². The highest BCUT2D eigenvalue weighted by Crippen LogP contribution is 2.20. The fourth-order valence-corrected chi connectivity index (χ4v) is 3.80. The van der Waals surface area contributed by atoms with E-state index in [-0.39, 0.29) is 18.0 Å². The Hall–Kier alpha value is -1.83. The van der Waals surface area contributed by atoms with Crippen molar-refractivity contribution in [2.24, 2.45) is 0 Å². The van der Waals surface area contributed by atoms with Crippen molar-refractivity contribution in [3.05, 3.63) is 59.7 Å². The molecule has 0 N–H and O–H groups in total. The molecule has 7 heteroatoms. The normalized spacial score (nSPS) is 11.5. The number of nitrogens with zero attached hydrogens (tertiary/aromatic N) is 1. The van der Waals surface area contributed by atoms with E-state index in [1.165, 1.54) is 35.6 Å². The molecule has 0 fully saturated rings. The van der Waals surface area contributed by atoms with E-state index in [1.807, 2.05) is 30.5 Å². The maximum absolute atomic E-state index is 12.7. The maximum atomic E-state index is 12.7. The van der Waals surface area contributed by atoms with Gasteiger partial charge in [0.05, 0.1) is 17.1 Å². The summed E-state index contributed by atoms with van der Waals surface area (Å²) in [4.78, 5) is 12.9. The first-order chi connectivity index (χ1) is 11.9. The molecule has 0 aliphatic rings. The second-order valence-corrected chi connectivity index (χ2v) is 8.28. The molecule has 5 nitrogen and oxygen atoms in total. The van der Waals surface area contributed by atoms with Crippen molar-refractivity contribution < 1.29 is 17.9 Å². The number of sulfonamides is 1. The van der Waals surface area contributed by atoms with Gasteiger partial charge in [0.2, 0.25) is 10.0 Å². The minimum atomic E-state index is -3.63. The zero-order chi connectivity index (χ0) is 18.4. The molecule has 0 aliphatic heterocycles. The lowest BCUT2D eigenvalue weighted by Crippen LogP contribution is -2.26. The Morgan fingerprint density at radius 3 is 2.20 bits per heavy atom. The zero-order valence-electron chi connectivity index (χ0n) is 14.4. The third-order valence-electron chi connectivity index (χ3n) is 3.64. The van der Waals surface area contributed by atoms with Crippen LogP contribution in [0.2, 0.25) is 0 Å². The summed E-state index contributed by atoms with van der Waals surface area (Å²) in [6.45, 7) is 2.27. The molecule has 2 aromatic rings. The van der Waals surface area contributed by atoms with Crippen LogP contribution in [-0.4, -0.2) is 38.6 Å². The lowest BCUT2D eigenvalue weighted by Gasteiger charge is -2.17. The van der Waals surface area contributed by atoms with E-state index in [1.54, 1.807) is 18.7 Å². The molecule has 134 valence electrons. The fraction of sp³-hybridized carbons (Fsp3) is 0.278. The van der Waals surface area contributed by atoms with E-state index in [0.29, 0.717) is 5.56 Å². The second-order valence-electron chi connectivity index (χ2n) is 5.35. The lowest BCUT2D eigenvalue weighted by molar-refractivity contribution is 0.0526. The highest BCUT2D eigenvalue weighted by molar-refractivity contribution is 7.98. The van der Waals surface area contributed by atoms with Crippen LogP contribution in [0, 0.1) is 0 Å². The van der Waals surface area contributed by atoms with Crippen LogP contribution in [0.1, 0.15) is 22.8 Å². The molecular formula is C18H21NO4S2. The molecule has 25 heavy (non-hydrogen) atoms. The molecule has 0 aromatic heterocycles. The van der Waals surface area contributed by atoms with Crippen molar-refractivity contribution in [3.8, 4) is 0 Å². The molecular weight excluding hydrogens is 358 g/mol. The predicted molar refractivity (Wildman–Crippen MR) is 99.3 cm³/mol. The number of carbonyl (C=O) groups excluding carboxylic acids is 1. The number of carbonyl (C=O) groups is 1. The summed E-state index contributed by atoms with van der Waals surface area (Å²) in [7, 11) is -2.09. The van der Waals surface area contributed by atoms with Gasteiger partial charge in [-0.2, -0.15) is 4.31 Å². The van der Waals surface area contributed by atoms with E-state index in [4.69, 9.17) is 4.74 Å². The lowest BCUT2D eigenvalue weighted by atomic mass is 10.2. The second kappa shape index (κ2) is 8.51. The Balaban J connectivity index is 2.14. The van der Waals surface area contributed by atoms with Crippen LogP contribution in [0.15, 0.2) is 58.3 Å². The van der Waals surface area contributed by atoms with Gasteiger partial charge in [-0.25, -0.2) is 13.2 Å². The topological polar surface area (TPSA) is 63.7 Å². The molecule has 0 saturated carbocycles. The molecule has 0 saturated heterocycles. The first kappa shape index (κ1) is 19.5. The minimum Gasteiger partial charge on any atom is -0.462 e. The van der Waals surface area contributed by atoms with Crippen molar-refractivity contribution in [1.29, 1.82) is 0 Å². The van der Waals surface area contributed by atoms with E-state index in [2.05, 4.69) is 0 Å². The summed E-state index contributed by atoms with van der Waals surface area (Å²) in [5.74, 6) is -0.464. The fourth-order valence-electron chi connectivity index (χ4n) is 2.23. The van der Waals surface area contributed by atoms with Gasteiger partial charge in [-0.3, -0.25) is 0 Å². The average molecular weight is 380 g/mol. The van der Waals surface area contributed by atoms with E-state index < -0.39 is 16.0 Å². The summed E-state index contributed by atoms with van der Waals surface area (Å²) >= 11 is 1.64. The Morgan fingerprint density at radius 1 is 1.08 bits per heavy atom. The van der Waals surface area contributed by atoms with Crippen molar-refractivity contribution in [3.63, 3.8) is 0 Å². The average Bonchev–Trinajstić information content (AvgIpc) is 2.62. The standard InChI is InChI=1S/C18H21NO4S2/c1-4-23-18(20)15-7-11-17(12-8-15)25(21,22)19(2)13-14-5-9-16(24-3)10-6-14/h5-12H,4,13H2,1-3H3. The van der Waals surface area contributed by atoms with Gasteiger partial charge in [0.1, 0.15) is 0 Å².